The molecule has 0 aliphatic heterocycles. The number of nitrogens with one attached hydrogen (secondary N) is 1. The van der Waals surface area contributed by atoms with Crippen molar-refractivity contribution < 1.29 is 14.2 Å². The van der Waals surface area contributed by atoms with Crippen LogP contribution in [0.3, 0.4) is 0 Å². The highest BCUT2D eigenvalue weighted by Gasteiger charge is 2.09. The zero-order chi connectivity index (χ0) is 19.5. The maximum Gasteiger partial charge on any atom is 0.161 e. The van der Waals surface area contributed by atoms with E-state index >= 15 is 0 Å². The van der Waals surface area contributed by atoms with Crippen molar-refractivity contribution in [3.63, 3.8) is 0 Å². The van der Waals surface area contributed by atoms with Gasteiger partial charge < -0.3 is 19.2 Å². The summed E-state index contributed by atoms with van der Waals surface area (Å²) in [6.45, 7) is 2.64. The van der Waals surface area contributed by atoms with E-state index in [9.17, 15) is 0 Å². The lowest BCUT2D eigenvalue weighted by Crippen LogP contribution is -1.91. The Hall–Kier alpha value is -3.47. The summed E-state index contributed by atoms with van der Waals surface area (Å²) in [5.74, 6) is 2.28. The van der Waals surface area contributed by atoms with E-state index in [0.29, 0.717) is 18.1 Å². The highest BCUT2D eigenvalue weighted by Crippen LogP contribution is 2.33. The third-order valence-corrected chi connectivity index (χ3v) is 4.66. The van der Waals surface area contributed by atoms with Crippen molar-refractivity contribution in [3.8, 4) is 39.6 Å². The zero-order valence-corrected chi connectivity index (χ0v) is 16.2. The number of nitrogens with zero attached hydrogens (tertiary/aromatic N) is 1. The number of aromatic nitrogens is 2. The van der Waals surface area contributed by atoms with E-state index in [2.05, 4.69) is 22.1 Å². The van der Waals surface area contributed by atoms with Gasteiger partial charge in [0.05, 0.1) is 20.8 Å². The molecule has 0 fully saturated rings. The van der Waals surface area contributed by atoms with Gasteiger partial charge in [0, 0.05) is 22.8 Å². The first-order valence-corrected chi connectivity index (χ1v) is 9.16. The Labute approximate surface area is 163 Å². The van der Waals surface area contributed by atoms with Crippen molar-refractivity contribution in [1.29, 1.82) is 0 Å². The van der Waals surface area contributed by atoms with E-state index in [1.165, 1.54) is 0 Å². The van der Waals surface area contributed by atoms with Gasteiger partial charge in [0.2, 0.25) is 0 Å². The average molecular weight is 374 g/mol. The molecule has 5 heteroatoms. The Morgan fingerprint density at radius 1 is 0.821 bits per heavy atom. The first-order valence-electron chi connectivity index (χ1n) is 9.16. The second kappa shape index (κ2) is 7.64. The van der Waals surface area contributed by atoms with Gasteiger partial charge in [-0.2, -0.15) is 0 Å². The summed E-state index contributed by atoms with van der Waals surface area (Å²) >= 11 is 0. The fourth-order valence-corrected chi connectivity index (χ4v) is 3.24. The molecule has 0 amide bonds. The number of hydrogen-bond donors (Lipinski definition) is 1. The van der Waals surface area contributed by atoms with Crippen molar-refractivity contribution >= 4 is 11.0 Å². The van der Waals surface area contributed by atoms with E-state index in [0.717, 1.165) is 39.2 Å². The van der Waals surface area contributed by atoms with Gasteiger partial charge in [0.25, 0.3) is 0 Å². The summed E-state index contributed by atoms with van der Waals surface area (Å²) in [7, 11) is 3.27. The van der Waals surface area contributed by atoms with Crippen LogP contribution in [0.15, 0.2) is 60.8 Å². The van der Waals surface area contributed by atoms with Crippen LogP contribution >= 0.6 is 0 Å². The number of pyridine rings is 1. The minimum atomic E-state index is 0.661. The van der Waals surface area contributed by atoms with Gasteiger partial charge in [-0.1, -0.05) is 6.07 Å². The molecule has 0 bridgehead atoms. The molecule has 142 valence electrons. The SMILES string of the molecule is CCOc1ccc(-c2cc3cc(-c4ccc(OC)c(OC)c4)cnc3[nH]2)cc1. The van der Waals surface area contributed by atoms with Crippen molar-refractivity contribution in [2.45, 2.75) is 6.92 Å². The van der Waals surface area contributed by atoms with Gasteiger partial charge in [0.1, 0.15) is 11.4 Å². The lowest BCUT2D eigenvalue weighted by molar-refractivity contribution is 0.340. The molecule has 2 heterocycles. The Balaban J connectivity index is 1.68. The van der Waals surface area contributed by atoms with Crippen LogP contribution in [-0.2, 0) is 0 Å². The number of hydrogen-bond acceptors (Lipinski definition) is 4. The molecule has 1 N–H and O–H groups in total. The number of ether oxygens (including phenoxy) is 3. The van der Waals surface area contributed by atoms with Crippen LogP contribution in [0.4, 0.5) is 0 Å². The Morgan fingerprint density at radius 2 is 1.57 bits per heavy atom. The van der Waals surface area contributed by atoms with E-state index in [1.54, 1.807) is 14.2 Å². The highest BCUT2D eigenvalue weighted by atomic mass is 16.5. The van der Waals surface area contributed by atoms with Crippen LogP contribution in [0.2, 0.25) is 0 Å². The summed E-state index contributed by atoms with van der Waals surface area (Å²) in [4.78, 5) is 7.98. The maximum atomic E-state index is 5.51. The predicted octanol–water partition coefficient (Wildman–Crippen LogP) is 5.31. The highest BCUT2D eigenvalue weighted by molar-refractivity contribution is 5.86. The number of benzene rings is 2. The van der Waals surface area contributed by atoms with Gasteiger partial charge in [0.15, 0.2) is 11.5 Å². The molecule has 0 spiro atoms. The molecular weight excluding hydrogens is 352 g/mol. The minimum absolute atomic E-state index is 0.661. The molecule has 5 nitrogen and oxygen atoms in total. The topological polar surface area (TPSA) is 56.4 Å². The third kappa shape index (κ3) is 3.39. The van der Waals surface area contributed by atoms with Crippen LogP contribution < -0.4 is 14.2 Å². The summed E-state index contributed by atoms with van der Waals surface area (Å²) < 4.78 is 16.2. The lowest BCUT2D eigenvalue weighted by Gasteiger charge is -2.09. The van der Waals surface area contributed by atoms with Crippen LogP contribution in [0.25, 0.3) is 33.4 Å². The van der Waals surface area contributed by atoms with Crippen LogP contribution in [-0.4, -0.2) is 30.8 Å². The molecule has 28 heavy (non-hydrogen) atoms. The second-order valence-corrected chi connectivity index (χ2v) is 6.37. The van der Waals surface area contributed by atoms with Gasteiger partial charge >= 0.3 is 0 Å². The summed E-state index contributed by atoms with van der Waals surface area (Å²) in [5.41, 5.74) is 5.01. The Bertz CT molecular complexity index is 1100. The summed E-state index contributed by atoms with van der Waals surface area (Å²) in [6, 6.07) is 18.2. The molecular formula is C23H22N2O3. The molecule has 2 aromatic carbocycles. The van der Waals surface area contributed by atoms with Crippen molar-refractivity contribution in [3.05, 3.63) is 60.8 Å². The Kier molecular flexibility index (Phi) is 4.89. The van der Waals surface area contributed by atoms with E-state index < -0.39 is 0 Å². The van der Waals surface area contributed by atoms with Gasteiger partial charge in [-0.15, -0.1) is 0 Å². The van der Waals surface area contributed by atoms with Crippen LogP contribution in [0, 0.1) is 0 Å². The summed E-state index contributed by atoms with van der Waals surface area (Å²) in [6.07, 6.45) is 1.86. The zero-order valence-electron chi connectivity index (χ0n) is 16.2. The minimum Gasteiger partial charge on any atom is -0.494 e. The van der Waals surface area contributed by atoms with Crippen molar-refractivity contribution in [2.75, 3.05) is 20.8 Å². The molecule has 4 aromatic rings. The number of rotatable bonds is 6. The standard InChI is InChI=1S/C23H22N2O3/c1-4-28-19-8-5-15(6-9-19)20-12-17-11-18(14-24-23(17)25-20)16-7-10-21(26-2)22(13-16)27-3/h5-14H,4H2,1-3H3,(H,24,25). The second-order valence-electron chi connectivity index (χ2n) is 6.37. The lowest BCUT2D eigenvalue weighted by atomic mass is 10.1. The first kappa shape index (κ1) is 17.9. The summed E-state index contributed by atoms with van der Waals surface area (Å²) in [5, 5.41) is 1.05. The van der Waals surface area contributed by atoms with E-state index in [1.807, 2.05) is 55.6 Å². The third-order valence-electron chi connectivity index (χ3n) is 4.66. The molecule has 0 unspecified atom stereocenters. The molecule has 0 aliphatic carbocycles. The maximum absolute atomic E-state index is 5.51. The smallest absolute Gasteiger partial charge is 0.161 e. The first-order chi connectivity index (χ1) is 13.7. The van der Waals surface area contributed by atoms with Crippen LogP contribution in [0.5, 0.6) is 17.2 Å². The molecule has 0 aliphatic rings. The van der Waals surface area contributed by atoms with Crippen molar-refractivity contribution in [1.82, 2.24) is 9.97 Å². The molecule has 0 saturated carbocycles. The molecule has 4 rings (SSSR count). The number of methoxy groups -OCH3 is 2. The monoisotopic (exact) mass is 374 g/mol. The van der Waals surface area contributed by atoms with Crippen LogP contribution in [0.1, 0.15) is 6.92 Å². The van der Waals surface area contributed by atoms with E-state index in [4.69, 9.17) is 14.2 Å². The normalized spacial score (nSPS) is 10.8. The van der Waals surface area contributed by atoms with Crippen molar-refractivity contribution in [2.24, 2.45) is 0 Å². The number of fused-ring (bicyclic) bond motifs is 1. The molecule has 2 aromatic heterocycles. The average Bonchev–Trinajstić information content (AvgIpc) is 3.17. The number of aromatic amines is 1. The largest absolute Gasteiger partial charge is 0.494 e. The van der Waals surface area contributed by atoms with E-state index in [-0.39, 0.29) is 0 Å². The quantitative estimate of drug-likeness (QED) is 0.497. The fraction of sp³-hybridized carbons (Fsp3) is 0.174. The predicted molar refractivity (Wildman–Crippen MR) is 111 cm³/mol. The Morgan fingerprint density at radius 3 is 2.29 bits per heavy atom. The van der Waals surface area contributed by atoms with Gasteiger partial charge in [-0.05, 0) is 66.6 Å². The van der Waals surface area contributed by atoms with Gasteiger partial charge in [-0.25, -0.2) is 4.98 Å². The molecule has 0 atom stereocenters. The molecule has 0 saturated heterocycles. The number of H-pyrrole nitrogens is 1. The molecule has 0 radical (unpaired) electrons. The van der Waals surface area contributed by atoms with Gasteiger partial charge in [-0.3, -0.25) is 0 Å². The fourth-order valence-electron chi connectivity index (χ4n) is 3.24.